The van der Waals surface area contributed by atoms with E-state index in [4.69, 9.17) is 4.74 Å². The summed E-state index contributed by atoms with van der Waals surface area (Å²) in [6.45, 7) is -0.781. The van der Waals surface area contributed by atoms with Crippen LogP contribution in [0.2, 0.25) is 0 Å². The number of anilines is 1. The van der Waals surface area contributed by atoms with E-state index in [0.29, 0.717) is 11.6 Å². The van der Waals surface area contributed by atoms with Crippen LogP contribution in [0.25, 0.3) is 0 Å². The van der Waals surface area contributed by atoms with Crippen LogP contribution < -0.4 is 5.32 Å². The molecule has 0 radical (unpaired) electrons. The Morgan fingerprint density at radius 3 is 2.58 bits per heavy atom. The molecule has 7 nitrogen and oxygen atoms in total. The number of halogens is 3. The van der Waals surface area contributed by atoms with Crippen LogP contribution in [0.5, 0.6) is 0 Å². The van der Waals surface area contributed by atoms with Crippen molar-refractivity contribution in [2.75, 3.05) is 11.9 Å². The first-order valence-electron chi connectivity index (χ1n) is 6.99. The molecule has 138 valence electrons. The van der Waals surface area contributed by atoms with Gasteiger partial charge in [-0.05, 0) is 28.5 Å². The molecule has 0 aliphatic heterocycles. The second kappa shape index (κ2) is 7.95. The van der Waals surface area contributed by atoms with Gasteiger partial charge in [0.05, 0.1) is 22.6 Å². The smallest absolute Gasteiger partial charge is 0.418 e. The quantitative estimate of drug-likeness (QED) is 0.465. The zero-order valence-corrected chi connectivity index (χ0v) is 13.7. The van der Waals surface area contributed by atoms with E-state index < -0.39 is 46.5 Å². The lowest BCUT2D eigenvalue weighted by atomic mass is 10.1. The van der Waals surface area contributed by atoms with E-state index in [-0.39, 0.29) is 6.42 Å². The van der Waals surface area contributed by atoms with Crippen molar-refractivity contribution < 1.29 is 32.4 Å². The highest BCUT2D eigenvalue weighted by atomic mass is 32.1. The van der Waals surface area contributed by atoms with Crippen LogP contribution in [0.4, 0.5) is 24.5 Å². The Balaban J connectivity index is 2.01. The third kappa shape index (κ3) is 5.28. The van der Waals surface area contributed by atoms with Crippen molar-refractivity contribution in [3.8, 4) is 0 Å². The molecule has 1 N–H and O–H groups in total. The van der Waals surface area contributed by atoms with E-state index in [9.17, 15) is 32.9 Å². The maximum Gasteiger partial charge on any atom is 0.418 e. The number of esters is 1. The summed E-state index contributed by atoms with van der Waals surface area (Å²) in [4.78, 5) is 32.9. The Kier molecular flexibility index (Phi) is 5.93. The Morgan fingerprint density at radius 2 is 2.00 bits per heavy atom. The van der Waals surface area contributed by atoms with E-state index in [1.54, 1.807) is 16.8 Å². The number of hydrogen-bond acceptors (Lipinski definition) is 6. The normalized spacial score (nSPS) is 11.0. The number of carbonyl (C=O) groups is 2. The van der Waals surface area contributed by atoms with Gasteiger partial charge in [-0.15, -0.1) is 0 Å². The Labute approximate surface area is 148 Å². The maximum atomic E-state index is 13.0. The minimum atomic E-state index is -4.91. The number of benzene rings is 1. The summed E-state index contributed by atoms with van der Waals surface area (Å²) in [6, 6.07) is 3.61. The van der Waals surface area contributed by atoms with Gasteiger partial charge in [-0.2, -0.15) is 24.5 Å². The first-order valence-corrected chi connectivity index (χ1v) is 7.93. The van der Waals surface area contributed by atoms with Crippen molar-refractivity contribution in [2.24, 2.45) is 0 Å². The molecule has 0 atom stereocenters. The van der Waals surface area contributed by atoms with Crippen LogP contribution in [0.1, 0.15) is 11.1 Å². The molecule has 0 aliphatic rings. The van der Waals surface area contributed by atoms with Crippen molar-refractivity contribution in [2.45, 2.75) is 12.6 Å². The van der Waals surface area contributed by atoms with Gasteiger partial charge in [0.2, 0.25) is 0 Å². The number of nitro benzene ring substituents is 1. The summed E-state index contributed by atoms with van der Waals surface area (Å²) in [6.07, 6.45) is -4.98. The van der Waals surface area contributed by atoms with Gasteiger partial charge in [-0.1, -0.05) is 0 Å². The number of nitrogens with one attached hydrogen (secondary N) is 1. The van der Waals surface area contributed by atoms with E-state index in [2.05, 4.69) is 0 Å². The SMILES string of the molecule is O=C(COC(=O)Cc1ccsc1)Nc1ccc([N+](=O)[O-])cc1C(F)(F)F. The van der Waals surface area contributed by atoms with Gasteiger partial charge in [0.1, 0.15) is 0 Å². The maximum absolute atomic E-state index is 13.0. The van der Waals surface area contributed by atoms with Gasteiger partial charge in [0.25, 0.3) is 11.6 Å². The fraction of sp³-hybridized carbons (Fsp3) is 0.200. The number of carbonyl (C=O) groups excluding carboxylic acids is 2. The molecule has 2 aromatic rings. The molecule has 1 heterocycles. The minimum absolute atomic E-state index is 0.0673. The zero-order valence-electron chi connectivity index (χ0n) is 12.9. The summed E-state index contributed by atoms with van der Waals surface area (Å²) in [5.41, 5.74) is -2.11. The largest absolute Gasteiger partial charge is 0.455 e. The molecule has 0 unspecified atom stereocenters. The predicted molar refractivity (Wildman–Crippen MR) is 85.7 cm³/mol. The third-order valence-electron chi connectivity index (χ3n) is 3.09. The van der Waals surface area contributed by atoms with Crippen LogP contribution in [0, 0.1) is 10.1 Å². The van der Waals surface area contributed by atoms with Crippen LogP contribution in [-0.4, -0.2) is 23.4 Å². The van der Waals surface area contributed by atoms with Crippen molar-refractivity contribution in [3.63, 3.8) is 0 Å². The number of nitrogens with zero attached hydrogens (tertiary/aromatic N) is 1. The van der Waals surface area contributed by atoms with Crippen molar-refractivity contribution >= 4 is 34.6 Å². The van der Waals surface area contributed by atoms with E-state index in [0.717, 1.165) is 12.1 Å². The Morgan fingerprint density at radius 1 is 1.27 bits per heavy atom. The fourth-order valence-electron chi connectivity index (χ4n) is 1.93. The second-order valence-corrected chi connectivity index (χ2v) is 5.78. The highest BCUT2D eigenvalue weighted by Crippen LogP contribution is 2.37. The number of ether oxygens (including phenoxy) is 1. The molecule has 0 spiro atoms. The summed E-state index contributed by atoms with van der Waals surface area (Å²) < 4.78 is 43.7. The molecule has 1 amide bonds. The lowest BCUT2D eigenvalue weighted by molar-refractivity contribution is -0.385. The fourth-order valence-corrected chi connectivity index (χ4v) is 2.60. The lowest BCUT2D eigenvalue weighted by Gasteiger charge is -2.13. The van der Waals surface area contributed by atoms with Gasteiger partial charge in [0, 0.05) is 12.1 Å². The summed E-state index contributed by atoms with van der Waals surface area (Å²) >= 11 is 1.37. The number of rotatable bonds is 6. The van der Waals surface area contributed by atoms with E-state index in [1.165, 1.54) is 11.3 Å². The topological polar surface area (TPSA) is 98.5 Å². The van der Waals surface area contributed by atoms with Gasteiger partial charge in [-0.3, -0.25) is 19.7 Å². The lowest BCUT2D eigenvalue weighted by Crippen LogP contribution is -2.23. The molecular weight excluding hydrogens is 377 g/mol. The molecule has 0 bridgehead atoms. The van der Waals surface area contributed by atoms with Crippen LogP contribution in [-0.2, 0) is 26.9 Å². The van der Waals surface area contributed by atoms with Crippen molar-refractivity contribution in [1.82, 2.24) is 0 Å². The molecule has 2 rings (SSSR count). The van der Waals surface area contributed by atoms with Gasteiger partial charge >= 0.3 is 12.1 Å². The van der Waals surface area contributed by atoms with Crippen LogP contribution >= 0.6 is 11.3 Å². The molecule has 0 fully saturated rings. The zero-order chi connectivity index (χ0) is 19.3. The third-order valence-corrected chi connectivity index (χ3v) is 3.82. The van der Waals surface area contributed by atoms with Crippen LogP contribution in [0.15, 0.2) is 35.0 Å². The molecule has 0 aliphatic carbocycles. The monoisotopic (exact) mass is 388 g/mol. The first-order chi connectivity index (χ1) is 12.2. The number of alkyl halides is 3. The van der Waals surface area contributed by atoms with Gasteiger partial charge in [0.15, 0.2) is 6.61 Å². The second-order valence-electron chi connectivity index (χ2n) is 5.00. The van der Waals surface area contributed by atoms with Crippen molar-refractivity contribution in [3.05, 3.63) is 56.3 Å². The first kappa shape index (κ1) is 19.4. The number of non-ortho nitro benzene ring substituents is 1. The molecule has 1 aromatic heterocycles. The van der Waals surface area contributed by atoms with E-state index >= 15 is 0 Å². The van der Waals surface area contributed by atoms with Crippen LogP contribution in [0.3, 0.4) is 0 Å². The van der Waals surface area contributed by atoms with Crippen molar-refractivity contribution in [1.29, 1.82) is 0 Å². The molecule has 1 aromatic carbocycles. The molecule has 0 saturated heterocycles. The molecule has 11 heteroatoms. The number of hydrogen-bond donors (Lipinski definition) is 1. The van der Waals surface area contributed by atoms with Gasteiger partial charge < -0.3 is 10.1 Å². The van der Waals surface area contributed by atoms with Gasteiger partial charge in [-0.25, -0.2) is 0 Å². The summed E-state index contributed by atoms with van der Waals surface area (Å²) in [5, 5.41) is 16.0. The molecule has 0 saturated carbocycles. The standard InChI is InChI=1S/C15H11F3N2O5S/c16-15(17,18)11-6-10(20(23)24)1-2-12(11)19-13(21)7-25-14(22)5-9-3-4-26-8-9/h1-4,6,8H,5,7H2,(H,19,21). The average molecular weight is 388 g/mol. The highest BCUT2D eigenvalue weighted by Gasteiger charge is 2.35. The highest BCUT2D eigenvalue weighted by molar-refractivity contribution is 7.07. The molecule has 26 heavy (non-hydrogen) atoms. The van der Waals surface area contributed by atoms with E-state index in [1.807, 2.05) is 5.32 Å². The number of amides is 1. The predicted octanol–water partition coefficient (Wildman–Crippen LogP) is 3.40. The number of thiophene rings is 1. The average Bonchev–Trinajstić information content (AvgIpc) is 3.05. The minimum Gasteiger partial charge on any atom is -0.455 e. The molecular formula is C15H11F3N2O5S. The summed E-state index contributed by atoms with van der Waals surface area (Å²) in [5.74, 6) is -1.71. The summed E-state index contributed by atoms with van der Waals surface area (Å²) in [7, 11) is 0. The Bertz CT molecular complexity index is 821. The Hall–Kier alpha value is -2.95. The number of nitro groups is 1.